The van der Waals surface area contributed by atoms with Gasteiger partial charge in [0.1, 0.15) is 5.82 Å². The molecule has 27 aromatic rings. The van der Waals surface area contributed by atoms with Crippen LogP contribution in [0.4, 0.5) is 0 Å². The fourth-order valence-electron chi connectivity index (χ4n) is 24.4. The molecule has 0 radical (unpaired) electrons. The normalized spacial score (nSPS) is 13.5. The zero-order chi connectivity index (χ0) is 93.1. The zero-order valence-electron chi connectivity index (χ0n) is 78.1. The fourth-order valence-corrected chi connectivity index (χ4v) is 24.4. The monoisotopic (exact) mass is 1790 g/mol. The van der Waals surface area contributed by atoms with E-state index in [1.807, 2.05) is 0 Å². The summed E-state index contributed by atoms with van der Waals surface area (Å²) in [4.78, 5) is 26.7. The van der Waals surface area contributed by atoms with Gasteiger partial charge in [-0.1, -0.05) is 406 Å². The topological polar surface area (TPSA) is 79.2 Å². The molecule has 21 aromatic carbocycles. The van der Waals surface area contributed by atoms with Gasteiger partial charge in [-0.25, -0.2) is 24.9 Å². The van der Waals surface area contributed by atoms with Crippen molar-refractivity contribution in [3.8, 4) is 95.9 Å². The highest BCUT2D eigenvalue weighted by atomic mass is 15.2. The average Bonchev–Trinajstić information content (AvgIpc) is 1.52. The van der Waals surface area contributed by atoms with Gasteiger partial charge in [0.2, 0.25) is 11.9 Å². The molecule has 0 atom stereocenters. The first-order valence-corrected chi connectivity index (χ1v) is 48.6. The van der Waals surface area contributed by atoms with Crippen molar-refractivity contribution in [2.75, 3.05) is 0 Å². The fraction of sp³-hybridized carbons (Fsp3) is 0.0682. The maximum absolute atomic E-state index is 5.41. The van der Waals surface area contributed by atoms with Crippen molar-refractivity contribution >= 4 is 152 Å². The zero-order valence-corrected chi connectivity index (χ0v) is 78.1. The molecule has 3 aliphatic carbocycles. The predicted octanol–water partition coefficient (Wildman–Crippen LogP) is 34.1. The van der Waals surface area contributed by atoms with Crippen LogP contribution in [0.15, 0.2) is 437 Å². The number of benzene rings is 21. The third-order valence-electron chi connectivity index (χ3n) is 30.9. The van der Waals surface area contributed by atoms with Crippen LogP contribution >= 0.6 is 0 Å². The molecular weight excluding hydrogens is 1700 g/mol. The molecule has 8 nitrogen and oxygen atoms in total. The minimum Gasteiger partial charge on any atom is -0.294 e. The van der Waals surface area contributed by atoms with Gasteiger partial charge in [0.05, 0.1) is 61.0 Å². The van der Waals surface area contributed by atoms with E-state index in [0.29, 0.717) is 11.9 Å². The molecule has 0 fully saturated rings. The standard InChI is InChI=1S/C45H31N3.C44H30N2.C43H29N3/c1-45(2)35-19-9-6-16-32(35)42-40-31(15-12-20-36(40)45)27-39-41(42)34-18-8-11-22-38(34)48(39)44-46-37-21-10-7-17-33(37)43(47-44)30-25-23-29(24-26-30)28-13-4-3-5-14-28;1-44(2)35-18-8-5-16-32(35)43-41-30(14-11-19-36(41)44)25-39-42(43)33-17-7-10-21-38(33)46(39)40-26-34(31-15-6-9-20-37(31)45-40)29-23-22-27-12-3-4-13-28(27)24-29;1-43(2)33-18-8-5-15-30(33)40-38-28(14-11-19-34(38)43)25-37-39(40)32-17-7-10-21-36(32)46(37)42-44-35-20-9-6-16-31(35)41(45-42)29-23-22-26-12-3-4-13-27(26)24-29/h3-27H,1-2H3;3-26H,1-2H3;3-25H,1-2H3. The summed E-state index contributed by atoms with van der Waals surface area (Å²) in [6.45, 7) is 14.2. The number of aromatic nitrogens is 8. The first-order chi connectivity index (χ1) is 68.7. The van der Waals surface area contributed by atoms with Gasteiger partial charge in [-0.15, -0.1) is 0 Å². The van der Waals surface area contributed by atoms with E-state index in [4.69, 9.17) is 24.9 Å². The lowest BCUT2D eigenvalue weighted by Gasteiger charge is -2.35. The smallest absolute Gasteiger partial charge is 0.235 e. The Labute approximate surface area is 808 Å². The molecule has 0 aliphatic heterocycles. The summed E-state index contributed by atoms with van der Waals surface area (Å²) in [5.41, 5.74) is 34.2. The molecule has 658 valence electrons. The predicted molar refractivity (Wildman–Crippen MR) is 586 cm³/mol. The van der Waals surface area contributed by atoms with Gasteiger partial charge in [0, 0.05) is 92.5 Å². The van der Waals surface area contributed by atoms with Crippen molar-refractivity contribution in [3.05, 3.63) is 470 Å². The lowest BCUT2D eigenvalue weighted by molar-refractivity contribution is 0.645. The van der Waals surface area contributed by atoms with E-state index in [1.54, 1.807) is 0 Å². The highest BCUT2D eigenvalue weighted by Crippen LogP contribution is 2.58. The van der Waals surface area contributed by atoms with Gasteiger partial charge >= 0.3 is 0 Å². The van der Waals surface area contributed by atoms with Gasteiger partial charge in [-0.3, -0.25) is 13.7 Å². The van der Waals surface area contributed by atoms with Crippen LogP contribution in [-0.2, 0) is 16.2 Å². The lowest BCUT2D eigenvalue weighted by Crippen LogP contribution is -2.23. The number of fused-ring (bicyclic) bond motifs is 23. The summed E-state index contributed by atoms with van der Waals surface area (Å²) in [5, 5.41) is 23.4. The molecule has 0 spiro atoms. The van der Waals surface area contributed by atoms with Crippen molar-refractivity contribution in [2.24, 2.45) is 0 Å². The number of para-hydroxylation sites is 6. The highest BCUT2D eigenvalue weighted by Gasteiger charge is 2.40. The van der Waals surface area contributed by atoms with Crippen LogP contribution < -0.4 is 0 Å². The van der Waals surface area contributed by atoms with Gasteiger partial charge < -0.3 is 0 Å². The second-order valence-corrected chi connectivity index (χ2v) is 39.6. The molecule has 0 saturated carbocycles. The third-order valence-corrected chi connectivity index (χ3v) is 30.9. The molecule has 30 rings (SSSR count). The molecular formula is C132H90N8. The third kappa shape index (κ3) is 12.1. The minimum atomic E-state index is -0.110. The highest BCUT2D eigenvalue weighted by molar-refractivity contribution is 6.28. The molecule has 3 aliphatic rings. The molecule has 140 heavy (non-hydrogen) atoms. The summed E-state index contributed by atoms with van der Waals surface area (Å²) in [5.74, 6) is 2.29. The van der Waals surface area contributed by atoms with E-state index < -0.39 is 0 Å². The Balaban J connectivity index is 0.000000103. The maximum atomic E-state index is 5.41. The van der Waals surface area contributed by atoms with Crippen LogP contribution in [0, 0.1) is 0 Å². The average molecular weight is 1790 g/mol. The van der Waals surface area contributed by atoms with Crippen LogP contribution in [0.25, 0.3) is 248 Å². The van der Waals surface area contributed by atoms with E-state index in [1.165, 1.54) is 186 Å². The summed E-state index contributed by atoms with van der Waals surface area (Å²) >= 11 is 0. The van der Waals surface area contributed by atoms with Crippen molar-refractivity contribution in [1.82, 2.24) is 38.6 Å². The Bertz CT molecular complexity index is 9620. The van der Waals surface area contributed by atoms with Crippen LogP contribution in [0.5, 0.6) is 0 Å². The van der Waals surface area contributed by atoms with Crippen LogP contribution in [0.2, 0.25) is 0 Å². The molecule has 6 heterocycles. The molecule has 6 aromatic heterocycles. The van der Waals surface area contributed by atoms with Crippen LogP contribution in [-0.4, -0.2) is 38.6 Å². The number of hydrogen-bond acceptors (Lipinski definition) is 5. The Morgan fingerprint density at radius 3 is 0.950 bits per heavy atom. The first-order valence-electron chi connectivity index (χ1n) is 48.6. The Morgan fingerprint density at radius 1 is 0.179 bits per heavy atom. The molecule has 8 heteroatoms. The first kappa shape index (κ1) is 80.8. The summed E-state index contributed by atoms with van der Waals surface area (Å²) in [6, 6.07) is 158. The largest absolute Gasteiger partial charge is 0.294 e. The summed E-state index contributed by atoms with van der Waals surface area (Å²) < 4.78 is 6.96. The molecule has 0 bridgehead atoms. The summed E-state index contributed by atoms with van der Waals surface area (Å²) in [7, 11) is 0. The number of nitrogens with zero attached hydrogens (tertiary/aromatic N) is 8. The van der Waals surface area contributed by atoms with E-state index >= 15 is 0 Å². The van der Waals surface area contributed by atoms with E-state index in [9.17, 15) is 0 Å². The van der Waals surface area contributed by atoms with E-state index in [0.717, 1.165) is 83.1 Å². The second kappa shape index (κ2) is 30.7. The van der Waals surface area contributed by atoms with Gasteiger partial charge in [-0.05, 0) is 199 Å². The Morgan fingerprint density at radius 2 is 0.493 bits per heavy atom. The number of rotatable bonds is 7. The van der Waals surface area contributed by atoms with Crippen molar-refractivity contribution in [1.29, 1.82) is 0 Å². The van der Waals surface area contributed by atoms with Crippen molar-refractivity contribution in [2.45, 2.75) is 57.8 Å². The SMILES string of the molecule is CC1(C)c2ccccc2-c2c3c1cccc3cc1c2c2ccccc2n1-c1cc(-c2ccc3ccccc3c2)c2ccccc2n1.CC1(C)c2ccccc2-c2c3c1cccc3cc1c2c2ccccc2n1-c1nc(-c2ccc(-c3ccccc3)cc2)c2ccccc2n1.CC1(C)c2ccccc2-c2c3c1cccc3cc1c2c2ccccc2n1-c1nc(-c2ccc3ccccc3c2)c2ccccc2n1. The molecule has 0 amide bonds. The Kier molecular flexibility index (Phi) is 17.7. The van der Waals surface area contributed by atoms with Gasteiger partial charge in [0.15, 0.2) is 0 Å². The second-order valence-electron chi connectivity index (χ2n) is 39.6. The van der Waals surface area contributed by atoms with Crippen LogP contribution in [0.3, 0.4) is 0 Å². The lowest BCUT2D eigenvalue weighted by atomic mass is 9.68. The molecule has 0 N–H and O–H groups in total. The molecule has 0 unspecified atom stereocenters. The van der Waals surface area contributed by atoms with Crippen molar-refractivity contribution in [3.63, 3.8) is 0 Å². The number of hydrogen-bond donors (Lipinski definition) is 0. The number of pyridine rings is 1. The molecule has 0 saturated heterocycles. The van der Waals surface area contributed by atoms with Gasteiger partial charge in [-0.2, -0.15) is 0 Å². The summed E-state index contributed by atoms with van der Waals surface area (Å²) in [6.07, 6.45) is 0. The van der Waals surface area contributed by atoms with E-state index in [-0.39, 0.29) is 16.2 Å². The quantitative estimate of drug-likeness (QED) is 0.159. The van der Waals surface area contributed by atoms with E-state index in [2.05, 4.69) is 492 Å². The minimum absolute atomic E-state index is 0.0934. The maximum Gasteiger partial charge on any atom is 0.235 e. The Hall–Kier alpha value is -17.6. The van der Waals surface area contributed by atoms with Crippen LogP contribution in [0.1, 0.15) is 74.9 Å². The van der Waals surface area contributed by atoms with Gasteiger partial charge in [0.25, 0.3) is 0 Å². The van der Waals surface area contributed by atoms with Crippen molar-refractivity contribution < 1.29 is 0 Å².